The van der Waals surface area contributed by atoms with Crippen molar-refractivity contribution in [1.82, 2.24) is 20.1 Å². The number of hydrogen-bond donors (Lipinski definition) is 1. The van der Waals surface area contributed by atoms with Crippen molar-refractivity contribution in [2.45, 2.75) is 44.2 Å². The van der Waals surface area contributed by atoms with Gasteiger partial charge in [0.2, 0.25) is 5.91 Å². The van der Waals surface area contributed by atoms with E-state index in [-0.39, 0.29) is 5.91 Å². The molecule has 1 N–H and O–H groups in total. The Morgan fingerprint density at radius 1 is 1.32 bits per heavy atom. The Morgan fingerprint density at radius 2 is 2.16 bits per heavy atom. The van der Waals surface area contributed by atoms with Crippen LogP contribution in [0.2, 0.25) is 0 Å². The third kappa shape index (κ3) is 3.61. The second-order valence-corrected chi connectivity index (χ2v) is 6.64. The van der Waals surface area contributed by atoms with Crippen LogP contribution in [0.15, 0.2) is 30.3 Å². The van der Waals surface area contributed by atoms with Gasteiger partial charge in [-0.25, -0.2) is 0 Å². The number of hydrogen-bond acceptors (Lipinski definition) is 4. The van der Waals surface area contributed by atoms with Crippen LogP contribution in [0.25, 0.3) is 6.08 Å². The van der Waals surface area contributed by atoms with E-state index in [0.717, 1.165) is 17.2 Å². The summed E-state index contributed by atoms with van der Waals surface area (Å²) < 4.78 is 2.23. The fraction of sp³-hybridized carbons (Fsp3) is 0.368. The molecule has 2 aromatic rings. The summed E-state index contributed by atoms with van der Waals surface area (Å²) in [6, 6.07) is 9.74. The van der Waals surface area contributed by atoms with Crippen LogP contribution >= 0.6 is 0 Å². The molecule has 0 saturated heterocycles. The zero-order chi connectivity index (χ0) is 17.2. The van der Waals surface area contributed by atoms with Crippen molar-refractivity contribution in [2.24, 2.45) is 0 Å². The van der Waals surface area contributed by atoms with E-state index in [1.807, 2.05) is 6.07 Å². The molecular formula is C19H19N5O. The SMILES string of the molecule is N#Cc1cccc(C=CC(=O)NCc2nnc(C3CC3)n2C2CC2)c1. The van der Waals surface area contributed by atoms with Gasteiger partial charge in [-0.1, -0.05) is 12.1 Å². The highest BCUT2D eigenvalue weighted by molar-refractivity contribution is 5.91. The predicted octanol–water partition coefficient (Wildman–Crippen LogP) is 2.69. The first-order chi connectivity index (χ1) is 12.2. The van der Waals surface area contributed by atoms with Crippen LogP contribution in [0.1, 0.15) is 60.4 Å². The molecule has 1 heterocycles. The van der Waals surface area contributed by atoms with E-state index in [0.29, 0.717) is 24.1 Å². The van der Waals surface area contributed by atoms with Crippen molar-refractivity contribution in [3.63, 3.8) is 0 Å². The lowest BCUT2D eigenvalue weighted by Gasteiger charge is -2.08. The third-order valence-corrected chi connectivity index (χ3v) is 4.51. The second kappa shape index (κ2) is 6.52. The van der Waals surface area contributed by atoms with Gasteiger partial charge in [0.15, 0.2) is 5.82 Å². The van der Waals surface area contributed by atoms with E-state index in [1.54, 1.807) is 24.3 Å². The van der Waals surface area contributed by atoms with Gasteiger partial charge in [0.25, 0.3) is 0 Å². The van der Waals surface area contributed by atoms with Crippen molar-refractivity contribution in [2.75, 3.05) is 0 Å². The van der Waals surface area contributed by atoms with Crippen LogP contribution < -0.4 is 5.32 Å². The molecule has 0 unspecified atom stereocenters. The average Bonchev–Trinajstić information content (AvgIpc) is 3.57. The van der Waals surface area contributed by atoms with Gasteiger partial charge in [-0.2, -0.15) is 5.26 Å². The lowest BCUT2D eigenvalue weighted by Crippen LogP contribution is -2.23. The number of rotatable bonds is 6. The molecule has 2 aliphatic rings. The summed E-state index contributed by atoms with van der Waals surface area (Å²) in [6.45, 7) is 0.387. The fourth-order valence-corrected chi connectivity index (χ4v) is 2.92. The normalized spacial score (nSPS) is 16.8. The summed E-state index contributed by atoms with van der Waals surface area (Å²) in [7, 11) is 0. The Labute approximate surface area is 146 Å². The van der Waals surface area contributed by atoms with E-state index in [9.17, 15) is 4.79 Å². The van der Waals surface area contributed by atoms with E-state index in [2.05, 4.69) is 26.2 Å². The second-order valence-electron chi connectivity index (χ2n) is 6.64. The highest BCUT2D eigenvalue weighted by atomic mass is 16.1. The minimum atomic E-state index is -0.180. The van der Waals surface area contributed by atoms with E-state index < -0.39 is 0 Å². The number of carbonyl (C=O) groups is 1. The third-order valence-electron chi connectivity index (χ3n) is 4.51. The van der Waals surface area contributed by atoms with Gasteiger partial charge in [-0.05, 0) is 49.5 Å². The van der Waals surface area contributed by atoms with Gasteiger partial charge in [0, 0.05) is 18.0 Å². The first-order valence-electron chi connectivity index (χ1n) is 8.64. The zero-order valence-electron chi connectivity index (χ0n) is 13.9. The van der Waals surface area contributed by atoms with Crippen LogP contribution in [-0.2, 0) is 11.3 Å². The van der Waals surface area contributed by atoms with E-state index in [1.165, 1.54) is 31.8 Å². The first kappa shape index (κ1) is 15.6. The standard InChI is InChI=1S/C19H19N5O/c20-11-14-3-1-2-13(10-14)4-9-18(25)21-12-17-22-23-19(15-5-6-15)24(17)16-7-8-16/h1-4,9-10,15-16H,5-8,12H2,(H,21,25). The van der Waals surface area contributed by atoms with Crippen LogP contribution in [-0.4, -0.2) is 20.7 Å². The maximum Gasteiger partial charge on any atom is 0.244 e. The molecular weight excluding hydrogens is 314 g/mol. The predicted molar refractivity (Wildman–Crippen MR) is 92.3 cm³/mol. The van der Waals surface area contributed by atoms with Gasteiger partial charge in [0.05, 0.1) is 18.2 Å². The number of aromatic nitrogens is 3. The topological polar surface area (TPSA) is 83.6 Å². The molecule has 6 nitrogen and oxygen atoms in total. The van der Waals surface area contributed by atoms with Crippen LogP contribution in [0, 0.1) is 11.3 Å². The van der Waals surface area contributed by atoms with Crippen LogP contribution in [0.5, 0.6) is 0 Å². The smallest absolute Gasteiger partial charge is 0.244 e. The molecule has 1 aromatic carbocycles. The van der Waals surface area contributed by atoms with E-state index >= 15 is 0 Å². The summed E-state index contributed by atoms with van der Waals surface area (Å²) in [4.78, 5) is 12.1. The van der Waals surface area contributed by atoms with Crippen molar-refractivity contribution < 1.29 is 4.79 Å². The molecule has 4 rings (SSSR count). The molecule has 2 aliphatic carbocycles. The van der Waals surface area contributed by atoms with Crippen LogP contribution in [0.4, 0.5) is 0 Å². The summed E-state index contributed by atoms with van der Waals surface area (Å²) >= 11 is 0. The maximum atomic E-state index is 12.1. The zero-order valence-corrected chi connectivity index (χ0v) is 13.9. The maximum absolute atomic E-state index is 12.1. The highest BCUT2D eigenvalue weighted by Gasteiger charge is 2.36. The number of benzene rings is 1. The Balaban J connectivity index is 1.39. The first-order valence-corrected chi connectivity index (χ1v) is 8.64. The summed E-state index contributed by atoms with van der Waals surface area (Å²) in [6.07, 6.45) is 7.93. The number of nitrogens with zero attached hydrogens (tertiary/aromatic N) is 4. The largest absolute Gasteiger partial charge is 0.345 e. The fourth-order valence-electron chi connectivity index (χ4n) is 2.92. The molecule has 0 radical (unpaired) electrons. The quantitative estimate of drug-likeness (QED) is 0.824. The monoisotopic (exact) mass is 333 g/mol. The minimum Gasteiger partial charge on any atom is -0.345 e. The molecule has 2 fully saturated rings. The summed E-state index contributed by atoms with van der Waals surface area (Å²) in [5, 5.41) is 20.4. The number of carbonyl (C=O) groups excluding carboxylic acids is 1. The molecule has 1 amide bonds. The molecule has 0 bridgehead atoms. The molecule has 6 heteroatoms. The van der Waals surface area contributed by atoms with Gasteiger partial charge < -0.3 is 9.88 Å². The van der Waals surface area contributed by atoms with Gasteiger partial charge in [-0.15, -0.1) is 10.2 Å². The van der Waals surface area contributed by atoms with Gasteiger partial charge in [0.1, 0.15) is 5.82 Å². The lowest BCUT2D eigenvalue weighted by atomic mass is 10.1. The average molecular weight is 333 g/mol. The summed E-state index contributed by atoms with van der Waals surface area (Å²) in [5.41, 5.74) is 1.40. The van der Waals surface area contributed by atoms with Gasteiger partial charge in [-0.3, -0.25) is 4.79 Å². The molecule has 25 heavy (non-hydrogen) atoms. The highest BCUT2D eigenvalue weighted by Crippen LogP contribution is 2.44. The van der Waals surface area contributed by atoms with Gasteiger partial charge >= 0.3 is 0 Å². The van der Waals surface area contributed by atoms with Crippen LogP contribution in [0.3, 0.4) is 0 Å². The molecule has 126 valence electrons. The van der Waals surface area contributed by atoms with Crippen molar-refractivity contribution in [1.29, 1.82) is 5.26 Å². The molecule has 1 aromatic heterocycles. The Hall–Kier alpha value is -2.94. The number of amides is 1. The molecule has 0 aliphatic heterocycles. The summed E-state index contributed by atoms with van der Waals surface area (Å²) in [5.74, 6) is 2.32. The molecule has 0 spiro atoms. The minimum absolute atomic E-state index is 0.180. The van der Waals surface area contributed by atoms with Crippen molar-refractivity contribution >= 4 is 12.0 Å². The van der Waals surface area contributed by atoms with Crippen molar-refractivity contribution in [3.05, 3.63) is 53.1 Å². The van der Waals surface area contributed by atoms with E-state index in [4.69, 9.17) is 5.26 Å². The number of nitrogens with one attached hydrogen (secondary N) is 1. The lowest BCUT2D eigenvalue weighted by molar-refractivity contribution is -0.116. The molecule has 0 atom stereocenters. The Bertz CT molecular complexity index is 868. The molecule has 2 saturated carbocycles. The Morgan fingerprint density at radius 3 is 2.88 bits per heavy atom. The number of nitriles is 1. The van der Waals surface area contributed by atoms with Crippen molar-refractivity contribution in [3.8, 4) is 6.07 Å². The Kier molecular flexibility index (Phi) is 4.06.